The van der Waals surface area contributed by atoms with E-state index in [9.17, 15) is 9.59 Å². The van der Waals surface area contributed by atoms with Gasteiger partial charge in [-0.2, -0.15) is 0 Å². The van der Waals surface area contributed by atoms with Crippen LogP contribution in [-0.4, -0.2) is 47.3 Å². The normalized spacial score (nSPS) is 27.2. The molecule has 0 radical (unpaired) electrons. The van der Waals surface area contributed by atoms with Crippen molar-refractivity contribution in [1.82, 2.24) is 5.16 Å². The molecule has 38 heavy (non-hydrogen) atoms. The third kappa shape index (κ3) is 4.50. The molecule has 3 aliphatic heterocycles. The van der Waals surface area contributed by atoms with E-state index in [2.05, 4.69) is 17.3 Å². The Morgan fingerprint density at radius 3 is 2.32 bits per heavy atom. The number of para-hydroxylation sites is 1. The Bertz CT molecular complexity index is 1280. The summed E-state index contributed by atoms with van der Waals surface area (Å²) in [5.41, 5.74) is 7.77. The summed E-state index contributed by atoms with van der Waals surface area (Å²) in [6, 6.07) is 17.2. The molecule has 2 atom stereocenters. The topological polar surface area (TPSA) is 95.4 Å². The summed E-state index contributed by atoms with van der Waals surface area (Å²) >= 11 is 0. The van der Waals surface area contributed by atoms with Crippen molar-refractivity contribution in [3.05, 3.63) is 65.9 Å². The van der Waals surface area contributed by atoms with Crippen LogP contribution in [0.25, 0.3) is 11.0 Å². The molecular formula is C30H36ClN3O4. The number of fused-ring (bicyclic) bond motifs is 4. The van der Waals surface area contributed by atoms with Gasteiger partial charge in [-0.25, -0.2) is 0 Å². The quantitative estimate of drug-likeness (QED) is 0.294. The van der Waals surface area contributed by atoms with E-state index in [1.807, 2.05) is 42.5 Å². The number of nitrogens with zero attached hydrogens (tertiary/aromatic N) is 2. The molecule has 4 heterocycles. The zero-order valence-electron chi connectivity index (χ0n) is 21.7. The molecule has 4 aliphatic rings. The van der Waals surface area contributed by atoms with Crippen LogP contribution in [0.3, 0.4) is 0 Å². The van der Waals surface area contributed by atoms with Gasteiger partial charge in [-0.3, -0.25) is 9.59 Å². The van der Waals surface area contributed by atoms with Crippen molar-refractivity contribution in [2.75, 3.05) is 19.6 Å². The lowest BCUT2D eigenvalue weighted by Gasteiger charge is -2.54. The van der Waals surface area contributed by atoms with E-state index in [-0.39, 0.29) is 24.5 Å². The zero-order chi connectivity index (χ0) is 25.5. The maximum absolute atomic E-state index is 14.1. The van der Waals surface area contributed by atoms with E-state index < -0.39 is 17.4 Å². The Kier molecular flexibility index (Phi) is 7.51. The molecule has 7 nitrogen and oxygen atoms in total. The number of quaternary nitrogens is 1. The Balaban J connectivity index is 0.00000294. The average molecular weight is 538 g/mol. The van der Waals surface area contributed by atoms with E-state index in [0.717, 1.165) is 75.4 Å². The maximum atomic E-state index is 14.1. The van der Waals surface area contributed by atoms with Crippen molar-refractivity contribution in [2.24, 2.45) is 11.7 Å². The predicted octanol–water partition coefficient (Wildman–Crippen LogP) is 1.80. The van der Waals surface area contributed by atoms with Gasteiger partial charge >= 0.3 is 5.97 Å². The number of piperidine rings is 3. The second-order valence-corrected chi connectivity index (χ2v) is 11.4. The van der Waals surface area contributed by atoms with Crippen molar-refractivity contribution < 1.29 is 35.7 Å². The lowest BCUT2D eigenvalue weighted by molar-refractivity contribution is -0.965. The number of halogens is 1. The third-order valence-corrected chi connectivity index (χ3v) is 9.37. The van der Waals surface area contributed by atoms with Crippen LogP contribution in [0.15, 0.2) is 59.1 Å². The van der Waals surface area contributed by atoms with Crippen LogP contribution in [0.2, 0.25) is 0 Å². The van der Waals surface area contributed by atoms with Gasteiger partial charge in [0, 0.05) is 18.8 Å². The highest BCUT2D eigenvalue weighted by atomic mass is 35.5. The number of carbonyl (C=O) groups is 2. The first-order chi connectivity index (χ1) is 18.0. The van der Waals surface area contributed by atoms with Crippen molar-refractivity contribution in [2.45, 2.75) is 68.9 Å². The molecule has 1 aliphatic carbocycles. The molecule has 1 amide bonds. The third-order valence-electron chi connectivity index (χ3n) is 9.37. The number of hydrogen-bond donors (Lipinski definition) is 1. The largest absolute Gasteiger partial charge is 1.00 e. The summed E-state index contributed by atoms with van der Waals surface area (Å²) in [6.45, 7) is 2.21. The minimum absolute atomic E-state index is 0. The van der Waals surface area contributed by atoms with E-state index >= 15 is 0 Å². The van der Waals surface area contributed by atoms with Crippen molar-refractivity contribution in [1.29, 1.82) is 0 Å². The zero-order valence-corrected chi connectivity index (χ0v) is 22.4. The first-order valence-electron chi connectivity index (χ1n) is 13.8. The van der Waals surface area contributed by atoms with E-state index in [1.54, 1.807) is 0 Å². The molecular weight excluding hydrogens is 502 g/mol. The van der Waals surface area contributed by atoms with Crippen LogP contribution in [0.5, 0.6) is 0 Å². The van der Waals surface area contributed by atoms with Gasteiger partial charge < -0.3 is 31.9 Å². The Morgan fingerprint density at radius 1 is 0.974 bits per heavy atom. The summed E-state index contributed by atoms with van der Waals surface area (Å²) in [5.74, 6) is -0.195. The predicted molar refractivity (Wildman–Crippen MR) is 139 cm³/mol. The molecule has 1 saturated carbocycles. The highest BCUT2D eigenvalue weighted by Gasteiger charge is 2.56. The van der Waals surface area contributed by atoms with E-state index in [0.29, 0.717) is 28.2 Å². The number of hydrogen-bond acceptors (Lipinski definition) is 5. The highest BCUT2D eigenvalue weighted by Crippen LogP contribution is 2.45. The summed E-state index contributed by atoms with van der Waals surface area (Å²) in [7, 11) is 0. The number of rotatable bonds is 6. The molecule has 0 spiro atoms. The summed E-state index contributed by atoms with van der Waals surface area (Å²) < 4.78 is 12.5. The van der Waals surface area contributed by atoms with E-state index in [4.69, 9.17) is 15.0 Å². The SMILES string of the molecule is NC(=O)C(c1noc2ccccc12)[N+]12CCC(CC1)[C@@H](OC(=O)C1(c3ccccc3)CCCCCC1)C2.[Cl-]. The van der Waals surface area contributed by atoms with Crippen molar-refractivity contribution in [3.8, 4) is 0 Å². The van der Waals surface area contributed by atoms with Gasteiger partial charge in [0.25, 0.3) is 5.91 Å². The molecule has 8 heteroatoms. The Hall–Kier alpha value is -2.90. The Labute approximate surface area is 229 Å². The molecule has 1 unspecified atom stereocenters. The number of aromatic nitrogens is 1. The fourth-order valence-electron chi connectivity index (χ4n) is 7.38. The highest BCUT2D eigenvalue weighted by molar-refractivity contribution is 5.88. The smallest absolute Gasteiger partial charge is 0.317 e. The molecule has 3 aromatic rings. The number of primary amides is 1. The van der Waals surface area contributed by atoms with Gasteiger partial charge in [-0.1, -0.05) is 73.3 Å². The number of carbonyl (C=O) groups excluding carboxylic acids is 2. The molecule has 7 rings (SSSR count). The van der Waals surface area contributed by atoms with Crippen LogP contribution in [0, 0.1) is 5.92 Å². The van der Waals surface area contributed by atoms with Crippen LogP contribution in [-0.2, 0) is 19.7 Å². The van der Waals surface area contributed by atoms with Crippen LogP contribution in [0.1, 0.15) is 68.7 Å². The van der Waals surface area contributed by atoms with Crippen molar-refractivity contribution >= 4 is 22.8 Å². The second-order valence-electron chi connectivity index (χ2n) is 11.4. The number of nitrogens with two attached hydrogens (primary N) is 1. The van der Waals surface area contributed by atoms with Gasteiger partial charge in [0.05, 0.1) is 23.9 Å². The number of benzene rings is 2. The van der Waals surface area contributed by atoms with Crippen molar-refractivity contribution in [3.63, 3.8) is 0 Å². The first kappa shape index (κ1) is 26.7. The number of amides is 1. The molecule has 2 aromatic carbocycles. The van der Waals surface area contributed by atoms with Crippen LogP contribution >= 0.6 is 0 Å². The minimum atomic E-state index is -0.632. The lowest BCUT2D eigenvalue weighted by atomic mass is 9.74. The fourth-order valence-corrected chi connectivity index (χ4v) is 7.38. The van der Waals surface area contributed by atoms with Crippen LogP contribution < -0.4 is 18.1 Å². The van der Waals surface area contributed by atoms with E-state index in [1.165, 1.54) is 0 Å². The fraction of sp³-hybridized carbons (Fsp3) is 0.500. The first-order valence-corrected chi connectivity index (χ1v) is 13.8. The summed E-state index contributed by atoms with van der Waals surface area (Å²) in [6.07, 6.45) is 7.57. The number of esters is 1. The standard InChI is InChI=1S/C30H35N3O4.ClH/c31-28(34)27(26-23-12-6-7-13-24(23)37-32-26)33-18-14-21(15-19-33)25(20-33)36-29(35)30(16-8-1-2-9-17-30)22-10-4-3-5-11-22;/h3-7,10-13,21,25,27H,1-2,8-9,14-20H2,(H-,31,34);1H/t21?,25-,27?,33?;/m0./s1. The summed E-state index contributed by atoms with van der Waals surface area (Å²) in [4.78, 5) is 27.1. The average Bonchev–Trinajstić information content (AvgIpc) is 3.16. The van der Waals surface area contributed by atoms with Gasteiger partial charge in [-0.15, -0.1) is 0 Å². The molecule has 2 N–H and O–H groups in total. The second kappa shape index (κ2) is 10.7. The van der Waals surface area contributed by atoms with Gasteiger partial charge in [0.15, 0.2) is 17.4 Å². The lowest BCUT2D eigenvalue weighted by Crippen LogP contribution is -3.00. The minimum Gasteiger partial charge on any atom is -1.00 e. The number of ether oxygens (including phenoxy) is 1. The van der Waals surface area contributed by atoms with Gasteiger partial charge in [0.2, 0.25) is 6.04 Å². The van der Waals surface area contributed by atoms with Gasteiger partial charge in [-0.05, 0) is 30.5 Å². The Morgan fingerprint density at radius 2 is 1.63 bits per heavy atom. The maximum Gasteiger partial charge on any atom is 0.317 e. The molecule has 4 fully saturated rings. The summed E-state index contributed by atoms with van der Waals surface area (Å²) in [5, 5.41) is 5.14. The molecule has 202 valence electrons. The van der Waals surface area contributed by atoms with Gasteiger partial charge in [0.1, 0.15) is 6.54 Å². The molecule has 1 aromatic heterocycles. The molecule has 3 saturated heterocycles. The monoisotopic (exact) mass is 537 g/mol. The van der Waals surface area contributed by atoms with Crippen LogP contribution in [0.4, 0.5) is 0 Å². The molecule has 2 bridgehead atoms.